The molecule has 0 spiro atoms. The minimum absolute atomic E-state index is 0.0669. The van der Waals surface area contributed by atoms with Crippen molar-refractivity contribution in [3.05, 3.63) is 85.1 Å². The van der Waals surface area contributed by atoms with Gasteiger partial charge in [0.25, 0.3) is 0 Å². The molecule has 0 rings (SSSR count). The Balaban J connectivity index is 4.56. The van der Waals surface area contributed by atoms with Crippen LogP contribution in [0.25, 0.3) is 0 Å². The second-order valence-electron chi connectivity index (χ2n) is 14.4. The standard InChI is InChI=1S/C46H76NO11P/c1-3-4-5-6-7-8-9-10-11-12-15-19-22-25-28-31-34-37-45(50)58-42(39-56-59(53,54)57-40-43(47)46(51)52)38-55-44(49)36-33-30-27-24-21-18-16-13-14-17-20-23-26-29-32-35-41(2)48/h10-11,14-19,23-28,41-43,48H,3-9,12-13,20-22,29-40,47H2,1-2H3,(H,51,52)(H,53,54)/b11-10-,17-14-,18-16-,19-15-,26-23-,27-24-,28-25-/t41-,42-,43+/m1/s1. The Morgan fingerprint density at radius 3 is 1.51 bits per heavy atom. The number of rotatable bonds is 39. The van der Waals surface area contributed by atoms with Gasteiger partial charge >= 0.3 is 25.7 Å². The largest absolute Gasteiger partial charge is 0.480 e. The summed E-state index contributed by atoms with van der Waals surface area (Å²) in [6.07, 6.45) is 46.5. The number of aliphatic hydroxyl groups is 1. The molecule has 5 N–H and O–H groups in total. The summed E-state index contributed by atoms with van der Waals surface area (Å²) < 4.78 is 32.5. The molecule has 0 saturated heterocycles. The van der Waals surface area contributed by atoms with Gasteiger partial charge in [-0.2, -0.15) is 0 Å². The van der Waals surface area contributed by atoms with Crippen molar-refractivity contribution in [2.24, 2.45) is 5.73 Å². The summed E-state index contributed by atoms with van der Waals surface area (Å²) in [5.74, 6) is -2.55. The van der Waals surface area contributed by atoms with E-state index in [0.29, 0.717) is 25.7 Å². The summed E-state index contributed by atoms with van der Waals surface area (Å²) in [7, 11) is -4.75. The number of ether oxygens (including phenoxy) is 2. The lowest BCUT2D eigenvalue weighted by atomic mass is 10.1. The van der Waals surface area contributed by atoms with Crippen molar-refractivity contribution in [3.8, 4) is 0 Å². The molecule has 0 aromatic carbocycles. The smallest absolute Gasteiger partial charge is 0.472 e. The average molecular weight is 850 g/mol. The lowest BCUT2D eigenvalue weighted by Crippen LogP contribution is -2.34. The Morgan fingerprint density at radius 2 is 1.02 bits per heavy atom. The zero-order valence-corrected chi connectivity index (χ0v) is 36.8. The van der Waals surface area contributed by atoms with Crippen molar-refractivity contribution in [2.45, 2.75) is 167 Å². The van der Waals surface area contributed by atoms with E-state index in [1.54, 1.807) is 0 Å². The summed E-state index contributed by atoms with van der Waals surface area (Å²) in [6, 6.07) is -1.55. The average Bonchev–Trinajstić information content (AvgIpc) is 3.20. The molecule has 0 heterocycles. The number of hydrogen-bond acceptors (Lipinski definition) is 10. The summed E-state index contributed by atoms with van der Waals surface area (Å²) in [5, 5.41) is 18.1. The number of esters is 2. The third kappa shape index (κ3) is 41.2. The maximum Gasteiger partial charge on any atom is 0.472 e. The molecule has 0 radical (unpaired) electrons. The zero-order valence-electron chi connectivity index (χ0n) is 35.9. The van der Waals surface area contributed by atoms with E-state index in [4.69, 9.17) is 24.8 Å². The van der Waals surface area contributed by atoms with Crippen LogP contribution in [-0.4, -0.2) is 71.1 Å². The molecule has 13 heteroatoms. The summed E-state index contributed by atoms with van der Waals surface area (Å²) >= 11 is 0. The Kier molecular flexibility index (Phi) is 37.8. The third-order valence-corrected chi connectivity index (χ3v) is 9.58. The van der Waals surface area contributed by atoms with Crippen molar-refractivity contribution in [2.75, 3.05) is 19.8 Å². The Morgan fingerprint density at radius 1 is 0.593 bits per heavy atom. The first kappa shape index (κ1) is 55.6. The second-order valence-corrected chi connectivity index (χ2v) is 15.9. The molecule has 0 aromatic rings. The summed E-state index contributed by atoms with van der Waals surface area (Å²) in [5.41, 5.74) is 5.32. The van der Waals surface area contributed by atoms with Crippen molar-refractivity contribution >= 4 is 25.7 Å². The van der Waals surface area contributed by atoms with Gasteiger partial charge in [-0.3, -0.25) is 23.4 Å². The van der Waals surface area contributed by atoms with E-state index in [9.17, 15) is 28.9 Å². The van der Waals surface area contributed by atoms with Gasteiger partial charge in [0, 0.05) is 12.8 Å². The number of unbranched alkanes of at least 4 members (excludes halogenated alkanes) is 9. The van der Waals surface area contributed by atoms with Crippen LogP contribution in [-0.2, 0) is 37.5 Å². The Hall–Kier alpha value is -3.38. The van der Waals surface area contributed by atoms with Crippen LogP contribution in [0.5, 0.6) is 0 Å². The van der Waals surface area contributed by atoms with Crippen LogP contribution in [0.2, 0.25) is 0 Å². The van der Waals surface area contributed by atoms with Crippen molar-refractivity contribution in [1.29, 1.82) is 0 Å². The SMILES string of the molecule is CCCCCCCC/C=C\C/C=C\C/C=C\CCCC(=O)O[C@H](COC(=O)CCC/C=C\C/C=C\C/C=C\C/C=C\CCC[C@@H](C)O)COP(=O)(O)OC[C@H](N)C(=O)O. The van der Waals surface area contributed by atoms with Crippen molar-refractivity contribution < 1.29 is 52.6 Å². The van der Waals surface area contributed by atoms with Crippen LogP contribution in [0.4, 0.5) is 0 Å². The lowest BCUT2D eigenvalue weighted by Gasteiger charge is -2.20. The highest BCUT2D eigenvalue weighted by molar-refractivity contribution is 7.47. The molecule has 0 aliphatic rings. The number of hydrogen-bond donors (Lipinski definition) is 4. The van der Waals surface area contributed by atoms with Crippen LogP contribution < -0.4 is 5.73 Å². The van der Waals surface area contributed by atoms with E-state index in [0.717, 1.165) is 57.8 Å². The van der Waals surface area contributed by atoms with E-state index < -0.39 is 57.7 Å². The number of aliphatic hydroxyl groups excluding tert-OH is 1. The lowest BCUT2D eigenvalue weighted by molar-refractivity contribution is -0.161. The summed E-state index contributed by atoms with van der Waals surface area (Å²) in [6.45, 7) is 2.22. The van der Waals surface area contributed by atoms with Gasteiger partial charge in [-0.1, -0.05) is 124 Å². The first-order valence-electron chi connectivity index (χ1n) is 21.6. The quantitative estimate of drug-likeness (QED) is 0.0198. The Labute approximate surface area is 355 Å². The van der Waals surface area contributed by atoms with Crippen molar-refractivity contribution in [1.82, 2.24) is 0 Å². The van der Waals surface area contributed by atoms with Gasteiger partial charge < -0.3 is 30.3 Å². The molecule has 0 fully saturated rings. The number of phosphoric ester groups is 1. The number of phosphoric acid groups is 1. The van der Waals surface area contributed by atoms with Crippen LogP contribution >= 0.6 is 7.82 Å². The molecule has 12 nitrogen and oxygen atoms in total. The molecular weight excluding hydrogens is 773 g/mol. The number of carbonyl (C=O) groups is 3. The summed E-state index contributed by atoms with van der Waals surface area (Å²) in [4.78, 5) is 45.9. The maximum absolute atomic E-state index is 12.6. The second kappa shape index (κ2) is 40.0. The number of carbonyl (C=O) groups excluding carboxylic acids is 2. The molecule has 1 unspecified atom stereocenters. The van der Waals surface area contributed by atoms with Gasteiger partial charge in [0.15, 0.2) is 6.10 Å². The van der Waals surface area contributed by atoms with E-state index >= 15 is 0 Å². The van der Waals surface area contributed by atoms with Gasteiger partial charge in [-0.05, 0) is 96.8 Å². The first-order valence-corrected chi connectivity index (χ1v) is 23.1. The van der Waals surface area contributed by atoms with Crippen LogP contribution in [0.15, 0.2) is 85.1 Å². The molecule has 0 amide bonds. The van der Waals surface area contributed by atoms with Crippen molar-refractivity contribution in [3.63, 3.8) is 0 Å². The van der Waals surface area contributed by atoms with Crippen LogP contribution in [0, 0.1) is 0 Å². The predicted molar refractivity (Wildman–Crippen MR) is 236 cm³/mol. The Bertz CT molecular complexity index is 1340. The molecule has 0 bridgehead atoms. The van der Waals surface area contributed by atoms with Gasteiger partial charge in [0.2, 0.25) is 0 Å². The van der Waals surface area contributed by atoms with Gasteiger partial charge in [0.05, 0.1) is 19.3 Å². The molecule has 59 heavy (non-hydrogen) atoms. The molecule has 0 saturated carbocycles. The minimum atomic E-state index is -4.75. The van der Waals surface area contributed by atoms with E-state index in [2.05, 4.69) is 72.2 Å². The molecule has 0 aromatic heterocycles. The molecule has 0 aliphatic heterocycles. The van der Waals surface area contributed by atoms with Gasteiger partial charge in [-0.15, -0.1) is 0 Å². The predicted octanol–water partition coefficient (Wildman–Crippen LogP) is 10.5. The molecule has 0 aliphatic carbocycles. The monoisotopic (exact) mass is 850 g/mol. The number of carboxylic acids is 1. The number of carboxylic acid groups (broad SMARTS) is 1. The minimum Gasteiger partial charge on any atom is -0.480 e. The third-order valence-electron chi connectivity index (χ3n) is 8.63. The highest BCUT2D eigenvalue weighted by atomic mass is 31.2. The zero-order chi connectivity index (χ0) is 43.7. The number of nitrogens with two attached hydrogens (primary N) is 1. The molecule has 4 atom stereocenters. The van der Waals surface area contributed by atoms with Gasteiger partial charge in [-0.25, -0.2) is 4.57 Å². The fraction of sp³-hybridized carbons (Fsp3) is 0.630. The maximum atomic E-state index is 12.6. The van der Waals surface area contributed by atoms with Crippen LogP contribution in [0.3, 0.4) is 0 Å². The van der Waals surface area contributed by atoms with E-state index in [1.165, 1.54) is 38.5 Å². The number of allylic oxidation sites excluding steroid dienone is 14. The normalized spacial score (nSPS) is 15.1. The topological polar surface area (TPSA) is 192 Å². The van der Waals surface area contributed by atoms with E-state index in [1.807, 2.05) is 31.2 Å². The highest BCUT2D eigenvalue weighted by Crippen LogP contribution is 2.43. The highest BCUT2D eigenvalue weighted by Gasteiger charge is 2.28. The van der Waals surface area contributed by atoms with Crippen LogP contribution in [0.1, 0.15) is 149 Å². The molecule has 336 valence electrons. The number of aliphatic carboxylic acids is 1. The first-order chi connectivity index (χ1) is 28.5. The molecular formula is C46H76NO11P. The fourth-order valence-corrected chi connectivity index (χ4v) is 5.99. The van der Waals surface area contributed by atoms with Gasteiger partial charge in [0.1, 0.15) is 12.6 Å². The van der Waals surface area contributed by atoms with E-state index in [-0.39, 0.29) is 18.9 Å². The fourth-order valence-electron chi connectivity index (χ4n) is 5.21.